The highest BCUT2D eigenvalue weighted by molar-refractivity contribution is 5.79. The second-order valence-electron chi connectivity index (χ2n) is 7.72. The van der Waals surface area contributed by atoms with E-state index in [0.29, 0.717) is 18.6 Å². The maximum Gasteiger partial charge on any atom is 0.227 e. The fourth-order valence-corrected chi connectivity index (χ4v) is 4.09. The highest BCUT2D eigenvalue weighted by Gasteiger charge is 2.24. The first-order valence-corrected chi connectivity index (χ1v) is 10.3. The molecule has 6 heteroatoms. The average Bonchev–Trinajstić information content (AvgIpc) is 3.24. The van der Waals surface area contributed by atoms with Gasteiger partial charge in [0.1, 0.15) is 11.6 Å². The number of nitrogens with one attached hydrogen (secondary N) is 1. The minimum atomic E-state index is 0.181. The molecule has 2 fully saturated rings. The Bertz CT molecular complexity index is 769. The van der Waals surface area contributed by atoms with Gasteiger partial charge in [-0.15, -0.1) is 5.10 Å². The SMILES string of the molecule is O=C(Cc1ccccc1OC1CCCC1)N1CCC(Nc2cccnn2)CC1. The summed E-state index contributed by atoms with van der Waals surface area (Å²) < 4.78 is 6.18. The topological polar surface area (TPSA) is 67.3 Å². The van der Waals surface area contributed by atoms with Crippen LogP contribution in [0.4, 0.5) is 5.82 Å². The third-order valence-corrected chi connectivity index (χ3v) is 5.68. The van der Waals surface area contributed by atoms with Gasteiger partial charge in [-0.3, -0.25) is 4.79 Å². The molecule has 1 aromatic carbocycles. The third kappa shape index (κ3) is 4.80. The first kappa shape index (κ1) is 18.7. The van der Waals surface area contributed by atoms with Gasteiger partial charge >= 0.3 is 0 Å². The van der Waals surface area contributed by atoms with Gasteiger partial charge in [-0.25, -0.2) is 0 Å². The number of piperidine rings is 1. The van der Waals surface area contributed by atoms with Crippen molar-refractivity contribution in [3.8, 4) is 5.75 Å². The lowest BCUT2D eigenvalue weighted by molar-refractivity contribution is -0.131. The van der Waals surface area contributed by atoms with Crippen molar-refractivity contribution < 1.29 is 9.53 Å². The Hall–Kier alpha value is -2.63. The van der Waals surface area contributed by atoms with E-state index in [0.717, 1.165) is 55.9 Å². The van der Waals surface area contributed by atoms with Crippen LogP contribution in [0.2, 0.25) is 0 Å². The highest BCUT2D eigenvalue weighted by atomic mass is 16.5. The number of carbonyl (C=O) groups is 1. The molecule has 0 unspecified atom stereocenters. The summed E-state index contributed by atoms with van der Waals surface area (Å²) in [5, 5.41) is 11.4. The Morgan fingerprint density at radius 1 is 1.07 bits per heavy atom. The van der Waals surface area contributed by atoms with E-state index in [2.05, 4.69) is 15.5 Å². The zero-order chi connectivity index (χ0) is 19.2. The standard InChI is InChI=1S/C22H28N4O2/c27-22(16-17-6-1-4-9-20(17)28-19-7-2-3-8-19)26-14-11-18(12-15-26)24-21-10-5-13-23-25-21/h1,4-6,9-10,13,18-19H,2-3,7-8,11-12,14-16H2,(H,24,25). The number of amides is 1. The molecule has 2 heterocycles. The molecule has 0 radical (unpaired) electrons. The van der Waals surface area contributed by atoms with E-state index in [9.17, 15) is 4.79 Å². The van der Waals surface area contributed by atoms with Crippen LogP contribution < -0.4 is 10.1 Å². The van der Waals surface area contributed by atoms with E-state index in [1.807, 2.05) is 41.3 Å². The van der Waals surface area contributed by atoms with Gasteiger partial charge in [0.05, 0.1) is 12.5 Å². The summed E-state index contributed by atoms with van der Waals surface area (Å²) in [7, 11) is 0. The van der Waals surface area contributed by atoms with Crippen LogP contribution in [0.1, 0.15) is 44.1 Å². The molecule has 1 amide bonds. The number of likely N-dealkylation sites (tertiary alicyclic amines) is 1. The normalized spacial score (nSPS) is 18.2. The van der Waals surface area contributed by atoms with E-state index in [1.165, 1.54) is 12.8 Å². The Labute approximate surface area is 166 Å². The van der Waals surface area contributed by atoms with Crippen molar-refractivity contribution in [3.63, 3.8) is 0 Å². The minimum Gasteiger partial charge on any atom is -0.490 e. The van der Waals surface area contributed by atoms with Gasteiger partial charge in [0.2, 0.25) is 5.91 Å². The lowest BCUT2D eigenvalue weighted by Crippen LogP contribution is -2.43. The van der Waals surface area contributed by atoms with E-state index >= 15 is 0 Å². The summed E-state index contributed by atoms with van der Waals surface area (Å²) >= 11 is 0. The van der Waals surface area contributed by atoms with Crippen molar-refractivity contribution in [2.24, 2.45) is 0 Å². The van der Waals surface area contributed by atoms with Crippen LogP contribution in [-0.4, -0.2) is 46.2 Å². The molecule has 1 aliphatic heterocycles. The quantitative estimate of drug-likeness (QED) is 0.831. The summed E-state index contributed by atoms with van der Waals surface area (Å²) in [6.45, 7) is 1.53. The van der Waals surface area contributed by atoms with E-state index in [4.69, 9.17) is 4.74 Å². The maximum atomic E-state index is 12.8. The van der Waals surface area contributed by atoms with Gasteiger partial charge in [-0.1, -0.05) is 18.2 Å². The van der Waals surface area contributed by atoms with Gasteiger partial charge in [-0.05, 0) is 56.7 Å². The number of carbonyl (C=O) groups excluding carboxylic acids is 1. The molecule has 1 saturated carbocycles. The summed E-state index contributed by atoms with van der Waals surface area (Å²) in [6, 6.07) is 12.1. The number of hydrogen-bond acceptors (Lipinski definition) is 5. The first-order chi connectivity index (χ1) is 13.8. The molecule has 2 aliphatic rings. The fourth-order valence-electron chi connectivity index (χ4n) is 4.09. The van der Waals surface area contributed by atoms with Crippen LogP contribution >= 0.6 is 0 Å². The number of para-hydroxylation sites is 1. The minimum absolute atomic E-state index is 0.181. The number of nitrogens with zero attached hydrogens (tertiary/aromatic N) is 3. The molecule has 0 atom stereocenters. The number of rotatable bonds is 6. The molecular weight excluding hydrogens is 352 g/mol. The molecule has 0 bridgehead atoms. The molecular formula is C22H28N4O2. The van der Waals surface area contributed by atoms with Crippen molar-refractivity contribution in [2.75, 3.05) is 18.4 Å². The highest BCUT2D eigenvalue weighted by Crippen LogP contribution is 2.27. The maximum absolute atomic E-state index is 12.8. The molecule has 1 N–H and O–H groups in total. The second kappa shape index (κ2) is 9.04. The number of aromatic nitrogens is 2. The number of ether oxygens (including phenoxy) is 1. The Balaban J connectivity index is 1.30. The van der Waals surface area contributed by atoms with Crippen LogP contribution in [0.15, 0.2) is 42.6 Å². The number of benzene rings is 1. The van der Waals surface area contributed by atoms with Crippen LogP contribution in [-0.2, 0) is 11.2 Å². The molecule has 2 aromatic rings. The zero-order valence-corrected chi connectivity index (χ0v) is 16.2. The van der Waals surface area contributed by atoms with Crippen molar-refractivity contribution in [2.45, 2.75) is 57.1 Å². The zero-order valence-electron chi connectivity index (χ0n) is 16.2. The van der Waals surface area contributed by atoms with Crippen molar-refractivity contribution in [3.05, 3.63) is 48.2 Å². The molecule has 0 spiro atoms. The molecule has 6 nitrogen and oxygen atoms in total. The summed E-state index contributed by atoms with van der Waals surface area (Å²) in [6.07, 6.45) is 8.94. The third-order valence-electron chi connectivity index (χ3n) is 5.68. The average molecular weight is 380 g/mol. The van der Waals surface area contributed by atoms with Crippen LogP contribution in [0, 0.1) is 0 Å². The molecule has 1 aromatic heterocycles. The van der Waals surface area contributed by atoms with Crippen molar-refractivity contribution >= 4 is 11.7 Å². The molecule has 1 aliphatic carbocycles. The van der Waals surface area contributed by atoms with Gasteiger partial charge < -0.3 is 15.0 Å². The molecule has 4 rings (SSSR count). The predicted molar refractivity (Wildman–Crippen MR) is 108 cm³/mol. The molecule has 28 heavy (non-hydrogen) atoms. The van der Waals surface area contributed by atoms with E-state index in [-0.39, 0.29) is 5.91 Å². The van der Waals surface area contributed by atoms with Crippen molar-refractivity contribution in [1.82, 2.24) is 15.1 Å². The van der Waals surface area contributed by atoms with Crippen molar-refractivity contribution in [1.29, 1.82) is 0 Å². The predicted octanol–water partition coefficient (Wildman–Crippen LogP) is 3.44. The monoisotopic (exact) mass is 380 g/mol. The lowest BCUT2D eigenvalue weighted by Gasteiger charge is -2.32. The number of hydrogen-bond donors (Lipinski definition) is 1. The first-order valence-electron chi connectivity index (χ1n) is 10.3. The summed E-state index contributed by atoms with van der Waals surface area (Å²) in [5.74, 6) is 1.85. The Morgan fingerprint density at radius 3 is 2.61 bits per heavy atom. The van der Waals surface area contributed by atoms with Gasteiger partial charge in [0.15, 0.2) is 0 Å². The number of anilines is 1. The molecule has 148 valence electrons. The fraction of sp³-hybridized carbons (Fsp3) is 0.500. The largest absolute Gasteiger partial charge is 0.490 e. The lowest BCUT2D eigenvalue weighted by atomic mass is 10.0. The van der Waals surface area contributed by atoms with E-state index < -0.39 is 0 Å². The van der Waals surface area contributed by atoms with Gasteiger partial charge in [0.25, 0.3) is 0 Å². The Kier molecular flexibility index (Phi) is 6.04. The second-order valence-corrected chi connectivity index (χ2v) is 7.72. The molecule has 1 saturated heterocycles. The van der Waals surface area contributed by atoms with Gasteiger partial charge in [-0.2, -0.15) is 5.10 Å². The van der Waals surface area contributed by atoms with Crippen LogP contribution in [0.5, 0.6) is 5.75 Å². The Morgan fingerprint density at radius 2 is 1.86 bits per heavy atom. The van der Waals surface area contributed by atoms with Crippen LogP contribution in [0.3, 0.4) is 0 Å². The van der Waals surface area contributed by atoms with Crippen LogP contribution in [0.25, 0.3) is 0 Å². The summed E-state index contributed by atoms with van der Waals surface area (Å²) in [5.41, 5.74) is 0.999. The smallest absolute Gasteiger partial charge is 0.227 e. The van der Waals surface area contributed by atoms with Gasteiger partial charge in [0, 0.05) is 30.9 Å². The summed E-state index contributed by atoms with van der Waals surface area (Å²) in [4.78, 5) is 14.8. The van der Waals surface area contributed by atoms with E-state index in [1.54, 1.807) is 6.20 Å².